The van der Waals surface area contributed by atoms with Crippen molar-refractivity contribution in [2.75, 3.05) is 19.8 Å². The van der Waals surface area contributed by atoms with Gasteiger partial charge in [-0.3, -0.25) is 0 Å². The summed E-state index contributed by atoms with van der Waals surface area (Å²) in [6, 6.07) is 10.2. The van der Waals surface area contributed by atoms with Gasteiger partial charge in [0.25, 0.3) is 0 Å². The van der Waals surface area contributed by atoms with Crippen molar-refractivity contribution in [1.29, 1.82) is 0 Å². The van der Waals surface area contributed by atoms with Crippen LogP contribution in [0, 0.1) is 0 Å². The Balaban J connectivity index is 1.80. The second-order valence-electron chi connectivity index (χ2n) is 4.67. The summed E-state index contributed by atoms with van der Waals surface area (Å²) in [4.78, 5) is 0. The third-order valence-electron chi connectivity index (χ3n) is 3.28. The van der Waals surface area contributed by atoms with Gasteiger partial charge in [0.1, 0.15) is 5.60 Å². The van der Waals surface area contributed by atoms with E-state index in [0.717, 1.165) is 19.4 Å². The maximum atomic E-state index is 5.81. The Morgan fingerprint density at radius 1 is 1.24 bits per heavy atom. The summed E-state index contributed by atoms with van der Waals surface area (Å²) in [5.74, 6) is 0. The summed E-state index contributed by atoms with van der Waals surface area (Å²) in [7, 11) is 0. The summed E-state index contributed by atoms with van der Waals surface area (Å²) < 4.78 is 11.6. The van der Waals surface area contributed by atoms with Gasteiger partial charge < -0.3 is 15.2 Å². The lowest BCUT2D eigenvalue weighted by atomic mass is 9.95. The molecule has 0 bridgehead atoms. The van der Waals surface area contributed by atoms with Crippen LogP contribution in [0.15, 0.2) is 30.3 Å². The van der Waals surface area contributed by atoms with Crippen molar-refractivity contribution in [3.05, 3.63) is 35.9 Å². The summed E-state index contributed by atoms with van der Waals surface area (Å²) in [5.41, 5.74) is 6.76. The maximum Gasteiger partial charge on any atom is 0.104 e. The predicted octanol–water partition coefficient (Wildman–Crippen LogP) is 2.10. The summed E-state index contributed by atoms with van der Waals surface area (Å²) in [6.07, 6.45) is 3.34. The normalized spacial score (nSPS) is 24.8. The average Bonchev–Trinajstić information content (AvgIpc) is 2.41. The Hall–Kier alpha value is -0.900. The van der Waals surface area contributed by atoms with Crippen LogP contribution < -0.4 is 5.73 Å². The Kier molecular flexibility index (Phi) is 4.54. The van der Waals surface area contributed by atoms with Crippen LogP contribution in [0.2, 0.25) is 0 Å². The molecule has 1 heterocycles. The third-order valence-corrected chi connectivity index (χ3v) is 3.28. The summed E-state index contributed by atoms with van der Waals surface area (Å²) >= 11 is 0. The van der Waals surface area contributed by atoms with Crippen LogP contribution in [0.25, 0.3) is 0 Å². The molecule has 0 saturated carbocycles. The molecule has 0 amide bonds. The average molecular weight is 235 g/mol. The lowest BCUT2D eigenvalue weighted by Gasteiger charge is -2.36. The van der Waals surface area contributed by atoms with E-state index in [2.05, 4.69) is 12.1 Å². The highest BCUT2D eigenvalue weighted by Crippen LogP contribution is 2.24. The summed E-state index contributed by atoms with van der Waals surface area (Å²) in [6.45, 7) is 2.58. The third kappa shape index (κ3) is 3.53. The number of hydrogen-bond donors (Lipinski definition) is 1. The van der Waals surface area contributed by atoms with Crippen LogP contribution in [0.4, 0.5) is 0 Å². The molecule has 1 atom stereocenters. The van der Waals surface area contributed by atoms with E-state index in [4.69, 9.17) is 15.2 Å². The fraction of sp³-hybridized carbons (Fsp3) is 0.571. The highest BCUT2D eigenvalue weighted by molar-refractivity contribution is 5.13. The van der Waals surface area contributed by atoms with Crippen LogP contribution in [0.5, 0.6) is 0 Å². The predicted molar refractivity (Wildman–Crippen MR) is 67.7 cm³/mol. The van der Waals surface area contributed by atoms with Gasteiger partial charge in [-0.25, -0.2) is 0 Å². The molecular formula is C14H21NO2. The minimum absolute atomic E-state index is 0.243. The van der Waals surface area contributed by atoms with Gasteiger partial charge in [-0.2, -0.15) is 0 Å². The molecule has 2 rings (SSSR count). The SMILES string of the molecule is NCC1(COCc2ccccc2)CCCCO1. The zero-order valence-corrected chi connectivity index (χ0v) is 10.2. The summed E-state index contributed by atoms with van der Waals surface area (Å²) in [5, 5.41) is 0. The van der Waals surface area contributed by atoms with E-state index in [1.165, 1.54) is 12.0 Å². The molecule has 0 aromatic heterocycles. The topological polar surface area (TPSA) is 44.5 Å². The maximum absolute atomic E-state index is 5.81. The first-order valence-corrected chi connectivity index (χ1v) is 6.30. The van der Waals surface area contributed by atoms with Crippen molar-refractivity contribution in [3.8, 4) is 0 Å². The second kappa shape index (κ2) is 6.15. The molecule has 17 heavy (non-hydrogen) atoms. The van der Waals surface area contributed by atoms with Crippen molar-refractivity contribution in [3.63, 3.8) is 0 Å². The molecule has 1 saturated heterocycles. The second-order valence-corrected chi connectivity index (χ2v) is 4.67. The van der Waals surface area contributed by atoms with E-state index in [1.54, 1.807) is 0 Å². The monoisotopic (exact) mass is 235 g/mol. The van der Waals surface area contributed by atoms with Gasteiger partial charge in [0.15, 0.2) is 0 Å². The first-order valence-electron chi connectivity index (χ1n) is 6.30. The van der Waals surface area contributed by atoms with E-state index in [0.29, 0.717) is 19.8 Å². The largest absolute Gasteiger partial charge is 0.374 e. The van der Waals surface area contributed by atoms with Gasteiger partial charge in [0.05, 0.1) is 13.2 Å². The molecule has 1 aliphatic rings. The van der Waals surface area contributed by atoms with Gasteiger partial charge >= 0.3 is 0 Å². The van der Waals surface area contributed by atoms with Crippen LogP contribution in [-0.2, 0) is 16.1 Å². The lowest BCUT2D eigenvalue weighted by molar-refractivity contribution is -0.119. The van der Waals surface area contributed by atoms with Crippen molar-refractivity contribution in [2.24, 2.45) is 5.73 Å². The van der Waals surface area contributed by atoms with E-state index >= 15 is 0 Å². The number of hydrogen-bond acceptors (Lipinski definition) is 3. The highest BCUT2D eigenvalue weighted by atomic mass is 16.5. The van der Waals surface area contributed by atoms with Gasteiger partial charge in [-0.05, 0) is 24.8 Å². The molecule has 3 heteroatoms. The first kappa shape index (κ1) is 12.6. The Bertz CT molecular complexity index is 320. The van der Waals surface area contributed by atoms with Gasteiger partial charge in [0, 0.05) is 13.2 Å². The van der Waals surface area contributed by atoms with Crippen molar-refractivity contribution < 1.29 is 9.47 Å². The highest BCUT2D eigenvalue weighted by Gasteiger charge is 2.32. The van der Waals surface area contributed by atoms with Crippen LogP contribution in [-0.4, -0.2) is 25.4 Å². The van der Waals surface area contributed by atoms with Gasteiger partial charge in [0.2, 0.25) is 0 Å². The number of benzene rings is 1. The minimum atomic E-state index is -0.243. The fourth-order valence-electron chi connectivity index (χ4n) is 2.17. The van der Waals surface area contributed by atoms with Crippen LogP contribution in [0.1, 0.15) is 24.8 Å². The standard InChI is InChI=1S/C14H21NO2/c15-11-14(8-4-5-9-17-14)12-16-10-13-6-2-1-3-7-13/h1-3,6-7H,4-5,8-12,15H2. The van der Waals surface area contributed by atoms with Crippen molar-refractivity contribution >= 4 is 0 Å². The molecule has 1 aromatic carbocycles. The fourth-order valence-corrected chi connectivity index (χ4v) is 2.17. The molecule has 0 aliphatic carbocycles. The lowest BCUT2D eigenvalue weighted by Crippen LogP contribution is -2.47. The molecule has 1 fully saturated rings. The smallest absolute Gasteiger partial charge is 0.104 e. The number of rotatable bonds is 5. The molecule has 0 radical (unpaired) electrons. The Morgan fingerprint density at radius 3 is 2.71 bits per heavy atom. The number of ether oxygens (including phenoxy) is 2. The first-order chi connectivity index (χ1) is 8.35. The molecular weight excluding hydrogens is 214 g/mol. The molecule has 2 N–H and O–H groups in total. The zero-order chi connectivity index (χ0) is 12.0. The number of nitrogens with two attached hydrogens (primary N) is 1. The van der Waals surface area contributed by atoms with Crippen LogP contribution >= 0.6 is 0 Å². The molecule has 94 valence electrons. The zero-order valence-electron chi connectivity index (χ0n) is 10.2. The Morgan fingerprint density at radius 2 is 2.06 bits per heavy atom. The van der Waals surface area contributed by atoms with E-state index < -0.39 is 0 Å². The molecule has 1 aromatic rings. The van der Waals surface area contributed by atoms with Gasteiger partial charge in [-0.15, -0.1) is 0 Å². The Labute approximate surface area is 103 Å². The van der Waals surface area contributed by atoms with Crippen LogP contribution in [0.3, 0.4) is 0 Å². The quantitative estimate of drug-likeness (QED) is 0.850. The minimum Gasteiger partial charge on any atom is -0.374 e. The van der Waals surface area contributed by atoms with Gasteiger partial charge in [-0.1, -0.05) is 30.3 Å². The van der Waals surface area contributed by atoms with E-state index in [1.807, 2.05) is 18.2 Å². The molecule has 3 nitrogen and oxygen atoms in total. The van der Waals surface area contributed by atoms with Crippen molar-refractivity contribution in [1.82, 2.24) is 0 Å². The van der Waals surface area contributed by atoms with E-state index in [-0.39, 0.29) is 5.60 Å². The molecule has 1 aliphatic heterocycles. The van der Waals surface area contributed by atoms with Crippen molar-refractivity contribution in [2.45, 2.75) is 31.5 Å². The molecule has 0 spiro atoms. The van der Waals surface area contributed by atoms with E-state index in [9.17, 15) is 0 Å². The molecule has 1 unspecified atom stereocenters.